The predicted molar refractivity (Wildman–Crippen MR) is 118 cm³/mol. The smallest absolute Gasteiger partial charge is 0.135 e. The molecular formula is C24H24N4O. The van der Waals surface area contributed by atoms with Crippen LogP contribution in [0.5, 0.6) is 0 Å². The minimum atomic E-state index is 0.772. The molecule has 0 radical (unpaired) electrons. The van der Waals surface area contributed by atoms with E-state index in [9.17, 15) is 0 Å². The van der Waals surface area contributed by atoms with Crippen molar-refractivity contribution in [1.82, 2.24) is 21.3 Å². The first kappa shape index (κ1) is 17.8. The van der Waals surface area contributed by atoms with Crippen LogP contribution in [0.3, 0.4) is 0 Å². The van der Waals surface area contributed by atoms with Gasteiger partial charge in [0.1, 0.15) is 11.5 Å². The predicted octanol–water partition coefficient (Wildman–Crippen LogP) is 3.60. The van der Waals surface area contributed by atoms with Crippen LogP contribution in [0.4, 0.5) is 0 Å². The van der Waals surface area contributed by atoms with Gasteiger partial charge < -0.3 is 15.1 Å². The van der Waals surface area contributed by atoms with Gasteiger partial charge >= 0.3 is 0 Å². The van der Waals surface area contributed by atoms with Gasteiger partial charge in [0.05, 0.1) is 13.3 Å². The van der Waals surface area contributed by atoms with Crippen LogP contribution in [0.15, 0.2) is 77.2 Å². The minimum Gasteiger partial charge on any atom is -0.456 e. The van der Waals surface area contributed by atoms with Crippen LogP contribution in [0.2, 0.25) is 0 Å². The highest BCUT2D eigenvalue weighted by Crippen LogP contribution is 2.35. The molecule has 5 rings (SSSR count). The van der Waals surface area contributed by atoms with E-state index in [-0.39, 0.29) is 0 Å². The molecule has 0 fully saturated rings. The summed E-state index contributed by atoms with van der Waals surface area (Å²) in [5.74, 6) is 1.75. The number of furan rings is 1. The molecule has 2 aromatic carbocycles. The molecule has 0 amide bonds. The van der Waals surface area contributed by atoms with Crippen LogP contribution in [0.25, 0.3) is 34.0 Å². The van der Waals surface area contributed by atoms with Gasteiger partial charge in [-0.3, -0.25) is 10.6 Å². The first-order valence-corrected chi connectivity index (χ1v) is 9.99. The molecule has 1 aromatic heterocycles. The zero-order chi connectivity index (χ0) is 19.5. The average molecular weight is 384 g/mol. The number of rotatable bonds is 4. The van der Waals surface area contributed by atoms with Crippen LogP contribution < -0.4 is 21.3 Å². The van der Waals surface area contributed by atoms with E-state index in [1.165, 1.54) is 0 Å². The average Bonchev–Trinajstić information content (AvgIpc) is 3.30. The molecule has 0 spiro atoms. The van der Waals surface area contributed by atoms with E-state index in [2.05, 4.69) is 94.1 Å². The van der Waals surface area contributed by atoms with Crippen molar-refractivity contribution in [1.29, 1.82) is 0 Å². The Hall–Kier alpha value is -3.28. The van der Waals surface area contributed by atoms with Crippen molar-refractivity contribution in [2.75, 3.05) is 26.4 Å². The Morgan fingerprint density at radius 3 is 1.41 bits per heavy atom. The fraction of sp³-hybridized carbons (Fsp3) is 0.167. The Morgan fingerprint density at radius 1 is 0.552 bits per heavy atom. The number of nitrogens with one attached hydrogen (secondary N) is 4. The molecule has 2 aliphatic rings. The molecule has 146 valence electrons. The third kappa shape index (κ3) is 3.58. The van der Waals surface area contributed by atoms with Gasteiger partial charge in [0.15, 0.2) is 0 Å². The summed E-state index contributed by atoms with van der Waals surface area (Å²) in [5, 5.41) is 13.4. The number of hydrogen-bond acceptors (Lipinski definition) is 5. The summed E-state index contributed by atoms with van der Waals surface area (Å²) in [6.45, 7) is 3.27. The van der Waals surface area contributed by atoms with Gasteiger partial charge in [-0.1, -0.05) is 48.5 Å². The molecule has 3 aromatic rings. The van der Waals surface area contributed by atoms with Crippen molar-refractivity contribution in [3.05, 3.63) is 83.9 Å². The van der Waals surface area contributed by atoms with Gasteiger partial charge in [-0.15, -0.1) is 0 Å². The second-order valence-corrected chi connectivity index (χ2v) is 7.11. The lowest BCUT2D eigenvalue weighted by Crippen LogP contribution is -2.32. The van der Waals surface area contributed by atoms with E-state index in [1.54, 1.807) is 0 Å². The zero-order valence-electron chi connectivity index (χ0n) is 16.2. The lowest BCUT2D eigenvalue weighted by molar-refractivity contribution is 0.596. The van der Waals surface area contributed by atoms with Crippen molar-refractivity contribution in [2.24, 2.45) is 0 Å². The molecule has 0 bridgehead atoms. The van der Waals surface area contributed by atoms with Crippen LogP contribution >= 0.6 is 0 Å². The molecule has 5 nitrogen and oxygen atoms in total. The van der Waals surface area contributed by atoms with E-state index in [0.717, 1.165) is 71.6 Å². The quantitative estimate of drug-likeness (QED) is 0.554. The van der Waals surface area contributed by atoms with Crippen molar-refractivity contribution < 1.29 is 4.42 Å². The third-order valence-electron chi connectivity index (χ3n) is 5.28. The van der Waals surface area contributed by atoms with Crippen molar-refractivity contribution >= 4 is 11.4 Å². The molecule has 29 heavy (non-hydrogen) atoms. The summed E-state index contributed by atoms with van der Waals surface area (Å²) in [6.07, 6.45) is 4.35. The topological polar surface area (TPSA) is 61.3 Å². The Balaban J connectivity index is 1.54. The monoisotopic (exact) mass is 384 g/mol. The van der Waals surface area contributed by atoms with E-state index in [4.69, 9.17) is 4.42 Å². The molecule has 0 atom stereocenters. The molecule has 0 unspecified atom stereocenters. The highest BCUT2D eigenvalue weighted by Gasteiger charge is 2.17. The zero-order valence-corrected chi connectivity index (χ0v) is 16.2. The Bertz CT molecular complexity index is 996. The summed E-state index contributed by atoms with van der Waals surface area (Å²) in [7, 11) is 0. The number of hydrogen-bond donors (Lipinski definition) is 4. The fourth-order valence-corrected chi connectivity index (χ4v) is 3.86. The minimum absolute atomic E-state index is 0.772. The van der Waals surface area contributed by atoms with E-state index >= 15 is 0 Å². The van der Waals surface area contributed by atoms with Gasteiger partial charge in [-0.05, 0) is 24.3 Å². The van der Waals surface area contributed by atoms with Crippen LogP contribution in [0, 0.1) is 0 Å². The van der Waals surface area contributed by atoms with Gasteiger partial charge in [0, 0.05) is 46.7 Å². The molecule has 5 heteroatoms. The summed E-state index contributed by atoms with van der Waals surface area (Å²) in [4.78, 5) is 0. The van der Waals surface area contributed by atoms with Crippen molar-refractivity contribution in [3.63, 3.8) is 0 Å². The van der Waals surface area contributed by atoms with Crippen molar-refractivity contribution in [2.45, 2.75) is 0 Å². The van der Waals surface area contributed by atoms with Crippen LogP contribution in [0.1, 0.15) is 11.1 Å². The van der Waals surface area contributed by atoms with E-state index < -0.39 is 0 Å². The molecule has 0 saturated carbocycles. The molecule has 2 aliphatic heterocycles. The fourth-order valence-electron chi connectivity index (χ4n) is 3.86. The molecule has 0 saturated heterocycles. The third-order valence-corrected chi connectivity index (χ3v) is 5.28. The van der Waals surface area contributed by atoms with Crippen LogP contribution in [-0.4, -0.2) is 26.4 Å². The maximum absolute atomic E-state index is 6.38. The lowest BCUT2D eigenvalue weighted by atomic mass is 10.0. The van der Waals surface area contributed by atoms with Gasteiger partial charge in [0.25, 0.3) is 0 Å². The van der Waals surface area contributed by atoms with Gasteiger partial charge in [-0.2, -0.15) is 0 Å². The summed E-state index contributed by atoms with van der Waals surface area (Å²) in [6, 6.07) is 20.9. The molecular weight excluding hydrogens is 360 g/mol. The highest BCUT2D eigenvalue weighted by molar-refractivity contribution is 5.82. The standard InChI is InChI=1S/C24H24N4O/c1-3-7-19(17(5-1)21-11-13-25-15-27-21)23-9-10-24(29-23)20-8-4-2-6-18(20)22-12-14-26-16-28-22/h1-12,25-28H,13-16H2. The van der Waals surface area contributed by atoms with Gasteiger partial charge in [0.2, 0.25) is 0 Å². The lowest BCUT2D eigenvalue weighted by Gasteiger charge is -2.19. The maximum atomic E-state index is 6.38. The SMILES string of the molecule is C1=C(c2ccccc2-c2ccc(-c3ccccc3C3=CCNCN3)o2)NCNC1. The largest absolute Gasteiger partial charge is 0.456 e. The van der Waals surface area contributed by atoms with Crippen LogP contribution in [-0.2, 0) is 0 Å². The van der Waals surface area contributed by atoms with E-state index in [0.29, 0.717) is 0 Å². The second kappa shape index (κ2) is 7.99. The Labute approximate surface area is 170 Å². The Morgan fingerprint density at radius 2 is 1.00 bits per heavy atom. The summed E-state index contributed by atoms with van der Waals surface area (Å²) in [5.41, 5.74) is 6.78. The number of benzene rings is 2. The van der Waals surface area contributed by atoms with E-state index in [1.807, 2.05) is 0 Å². The first-order chi connectivity index (χ1) is 14.4. The second-order valence-electron chi connectivity index (χ2n) is 7.11. The first-order valence-electron chi connectivity index (χ1n) is 9.99. The molecule has 0 aliphatic carbocycles. The highest BCUT2D eigenvalue weighted by atomic mass is 16.3. The molecule has 3 heterocycles. The summed E-state index contributed by atoms with van der Waals surface area (Å²) < 4.78 is 6.38. The van der Waals surface area contributed by atoms with Crippen molar-refractivity contribution in [3.8, 4) is 22.6 Å². The van der Waals surface area contributed by atoms with Gasteiger partial charge in [-0.25, -0.2) is 0 Å². The maximum Gasteiger partial charge on any atom is 0.135 e. The summed E-state index contributed by atoms with van der Waals surface area (Å²) >= 11 is 0. The molecule has 4 N–H and O–H groups in total. The Kier molecular flexibility index (Phi) is 4.90. The normalized spacial score (nSPS) is 16.4.